The van der Waals surface area contributed by atoms with E-state index in [2.05, 4.69) is 10.6 Å². The fourth-order valence-corrected chi connectivity index (χ4v) is 3.59. The van der Waals surface area contributed by atoms with E-state index >= 15 is 0 Å². The Labute approximate surface area is 206 Å². The first-order chi connectivity index (χ1) is 15.7. The van der Waals surface area contributed by atoms with Gasteiger partial charge in [-0.2, -0.15) is 0 Å². The van der Waals surface area contributed by atoms with Crippen molar-refractivity contribution in [1.29, 1.82) is 0 Å². The number of thioether (sulfide) groups is 1. The first-order valence-corrected chi connectivity index (χ1v) is 10.8. The molecule has 0 radical (unpaired) electrons. The molecule has 1 aliphatic heterocycles. The molecule has 9 nitrogen and oxygen atoms in total. The number of amides is 3. The molecule has 2 aromatic carbocycles. The van der Waals surface area contributed by atoms with Gasteiger partial charge in [0.2, 0.25) is 5.91 Å². The number of ether oxygens (including phenoxy) is 2. The van der Waals surface area contributed by atoms with Crippen molar-refractivity contribution >= 4 is 53.3 Å². The molecule has 2 unspecified atom stereocenters. The second-order valence-electron chi connectivity index (χ2n) is 7.24. The molecule has 1 saturated heterocycles. The third kappa shape index (κ3) is 7.34. The van der Waals surface area contributed by atoms with Crippen LogP contribution in [0.25, 0.3) is 6.08 Å². The fourth-order valence-electron chi connectivity index (χ4n) is 2.91. The molecule has 34 heavy (non-hydrogen) atoms. The van der Waals surface area contributed by atoms with Gasteiger partial charge in [-0.15, -0.1) is 12.4 Å². The number of rotatable bonds is 8. The van der Waals surface area contributed by atoms with Gasteiger partial charge in [-0.1, -0.05) is 24.3 Å². The van der Waals surface area contributed by atoms with Crippen molar-refractivity contribution in [2.75, 3.05) is 7.11 Å². The highest BCUT2D eigenvalue weighted by Crippen LogP contribution is 2.27. The van der Waals surface area contributed by atoms with Gasteiger partial charge in [0.1, 0.15) is 17.5 Å². The second-order valence-corrected chi connectivity index (χ2v) is 8.26. The van der Waals surface area contributed by atoms with Gasteiger partial charge in [0, 0.05) is 6.42 Å². The molecule has 2 aromatic rings. The normalized spacial score (nSPS) is 15.7. The molecule has 1 heterocycles. The van der Waals surface area contributed by atoms with Crippen molar-refractivity contribution in [2.24, 2.45) is 5.73 Å². The molecule has 1 aliphatic rings. The topological polar surface area (TPSA) is 137 Å². The van der Waals surface area contributed by atoms with Gasteiger partial charge >= 0.3 is 5.97 Å². The highest BCUT2D eigenvalue weighted by Gasteiger charge is 2.25. The smallest absolute Gasteiger partial charge is 0.328 e. The lowest BCUT2D eigenvalue weighted by atomic mass is 10.1. The highest BCUT2D eigenvalue weighted by molar-refractivity contribution is 8.18. The number of nitrogens with one attached hydrogen (secondary N) is 2. The van der Waals surface area contributed by atoms with Crippen molar-refractivity contribution < 1.29 is 28.7 Å². The molecule has 3 amide bonds. The minimum Gasteiger partial charge on any atom is -0.467 e. The third-order valence-corrected chi connectivity index (χ3v) is 5.45. The highest BCUT2D eigenvalue weighted by atomic mass is 35.5. The van der Waals surface area contributed by atoms with Crippen molar-refractivity contribution in [3.05, 3.63) is 64.6 Å². The van der Waals surface area contributed by atoms with Gasteiger partial charge in [-0.05, 0) is 60.2 Å². The Morgan fingerprint density at radius 1 is 1.09 bits per heavy atom. The SMILES string of the molecule is COC(=O)C(Cc1ccc(Oc2ccc(/C=C3/SC(=O)NC3=O)cc2)cc1)NC(=O)C(C)N.Cl. The van der Waals surface area contributed by atoms with Gasteiger partial charge in [-0.3, -0.25) is 19.7 Å². The Morgan fingerprint density at radius 2 is 1.68 bits per heavy atom. The lowest BCUT2D eigenvalue weighted by Gasteiger charge is -2.18. The summed E-state index contributed by atoms with van der Waals surface area (Å²) in [4.78, 5) is 47.1. The van der Waals surface area contributed by atoms with Crippen LogP contribution >= 0.6 is 24.2 Å². The van der Waals surface area contributed by atoms with Crippen molar-refractivity contribution in [3.8, 4) is 11.5 Å². The molecule has 0 saturated carbocycles. The Morgan fingerprint density at radius 3 is 2.18 bits per heavy atom. The van der Waals surface area contributed by atoms with Gasteiger partial charge in [-0.25, -0.2) is 4.79 Å². The molecule has 4 N–H and O–H groups in total. The van der Waals surface area contributed by atoms with Crippen molar-refractivity contribution in [3.63, 3.8) is 0 Å². The summed E-state index contributed by atoms with van der Waals surface area (Å²) >= 11 is 0.860. The van der Waals surface area contributed by atoms with Crippen LogP contribution in [-0.4, -0.2) is 42.2 Å². The Bertz CT molecular complexity index is 1090. The summed E-state index contributed by atoms with van der Waals surface area (Å²) in [6.45, 7) is 1.53. The monoisotopic (exact) mass is 505 g/mol. The van der Waals surface area contributed by atoms with Crippen LogP contribution in [0, 0.1) is 0 Å². The predicted octanol–water partition coefficient (Wildman–Crippen LogP) is 2.77. The number of benzene rings is 2. The number of carbonyl (C=O) groups is 4. The first kappa shape index (κ1) is 26.9. The van der Waals surface area contributed by atoms with Gasteiger partial charge in [0.25, 0.3) is 11.1 Å². The fraction of sp³-hybridized carbons (Fsp3) is 0.217. The van der Waals surface area contributed by atoms with Crippen LogP contribution in [-0.2, 0) is 25.5 Å². The summed E-state index contributed by atoms with van der Waals surface area (Å²) in [5.41, 5.74) is 7.11. The molecule has 180 valence electrons. The number of esters is 1. The maximum absolute atomic E-state index is 12.0. The van der Waals surface area contributed by atoms with E-state index < -0.39 is 29.9 Å². The van der Waals surface area contributed by atoms with Crippen LogP contribution in [0.5, 0.6) is 11.5 Å². The summed E-state index contributed by atoms with van der Waals surface area (Å²) in [7, 11) is 1.26. The van der Waals surface area contributed by atoms with Gasteiger partial charge in [0.05, 0.1) is 18.1 Å². The van der Waals surface area contributed by atoms with Crippen LogP contribution in [0.15, 0.2) is 53.4 Å². The number of imide groups is 1. The summed E-state index contributed by atoms with van der Waals surface area (Å²) < 4.78 is 10.6. The van der Waals surface area contributed by atoms with E-state index in [1.165, 1.54) is 14.0 Å². The predicted molar refractivity (Wildman–Crippen MR) is 131 cm³/mol. The maximum atomic E-state index is 12.0. The lowest BCUT2D eigenvalue weighted by Crippen LogP contribution is -2.48. The van der Waals surface area contributed by atoms with Crippen LogP contribution < -0.4 is 21.1 Å². The number of carbonyl (C=O) groups excluding carboxylic acids is 4. The van der Waals surface area contributed by atoms with E-state index in [-0.39, 0.29) is 24.1 Å². The molecule has 11 heteroatoms. The van der Waals surface area contributed by atoms with Crippen LogP contribution in [0.1, 0.15) is 18.1 Å². The van der Waals surface area contributed by atoms with Crippen LogP contribution in [0.2, 0.25) is 0 Å². The molecule has 0 aromatic heterocycles. The first-order valence-electron chi connectivity index (χ1n) is 10.0. The van der Waals surface area contributed by atoms with E-state index in [9.17, 15) is 19.2 Å². The average molecular weight is 506 g/mol. The van der Waals surface area contributed by atoms with E-state index in [1.54, 1.807) is 54.6 Å². The molecule has 3 rings (SSSR count). The molecule has 0 spiro atoms. The van der Waals surface area contributed by atoms with E-state index in [0.717, 1.165) is 22.9 Å². The zero-order valence-corrected chi connectivity index (χ0v) is 20.0. The standard InChI is InChI=1S/C23H23N3O6S.ClH/c1-13(24)20(27)25-18(22(29)31-2)11-14-3-7-16(8-4-14)32-17-9-5-15(6-10-17)12-19-21(28)26-23(30)33-19;/h3-10,12-13,18H,11,24H2,1-2H3,(H,25,27)(H,26,28,30);1H/b19-12+;. The van der Waals surface area contributed by atoms with E-state index in [1.807, 2.05) is 0 Å². The number of nitrogens with two attached hydrogens (primary N) is 1. The molecule has 0 bridgehead atoms. The number of hydrogen-bond acceptors (Lipinski definition) is 8. The lowest BCUT2D eigenvalue weighted by molar-refractivity contribution is -0.145. The van der Waals surface area contributed by atoms with Crippen LogP contribution in [0.4, 0.5) is 4.79 Å². The minimum atomic E-state index is -0.850. The number of hydrogen-bond donors (Lipinski definition) is 3. The van der Waals surface area contributed by atoms with Gasteiger partial charge in [0.15, 0.2) is 0 Å². The summed E-state index contributed by atoms with van der Waals surface area (Å²) in [6.07, 6.45) is 1.87. The molecule has 1 fully saturated rings. The van der Waals surface area contributed by atoms with Crippen molar-refractivity contribution in [1.82, 2.24) is 10.6 Å². The number of methoxy groups -OCH3 is 1. The molecule has 0 aliphatic carbocycles. The van der Waals surface area contributed by atoms with Crippen LogP contribution in [0.3, 0.4) is 0 Å². The molecular weight excluding hydrogens is 482 g/mol. The van der Waals surface area contributed by atoms with Gasteiger partial charge < -0.3 is 20.5 Å². The Balaban J connectivity index is 0.00000408. The Hall–Kier alpha value is -3.34. The van der Waals surface area contributed by atoms with E-state index in [0.29, 0.717) is 16.4 Å². The zero-order valence-electron chi connectivity index (χ0n) is 18.4. The Kier molecular flexibility index (Phi) is 9.67. The minimum absolute atomic E-state index is 0. The third-order valence-electron chi connectivity index (χ3n) is 4.63. The summed E-state index contributed by atoms with van der Waals surface area (Å²) in [5, 5.41) is 4.41. The van der Waals surface area contributed by atoms with Crippen molar-refractivity contribution in [2.45, 2.75) is 25.4 Å². The summed E-state index contributed by atoms with van der Waals surface area (Å²) in [5.74, 6) is -0.242. The van der Waals surface area contributed by atoms with E-state index in [4.69, 9.17) is 15.2 Å². The largest absolute Gasteiger partial charge is 0.467 e. The quantitative estimate of drug-likeness (QED) is 0.368. The molecule has 2 atom stereocenters. The molecular formula is C23H24ClN3O6S. The number of halogens is 1. The second kappa shape index (κ2) is 12.2. The average Bonchev–Trinajstić information content (AvgIpc) is 3.11. The maximum Gasteiger partial charge on any atom is 0.328 e. The zero-order chi connectivity index (χ0) is 24.0. The summed E-state index contributed by atoms with van der Waals surface area (Å²) in [6, 6.07) is 12.5.